The minimum atomic E-state index is -0.550. The molecule has 2 aromatic carbocycles. The Morgan fingerprint density at radius 2 is 1.94 bits per heavy atom. The fraction of sp³-hybridized carbons (Fsp3) is 0.370. The molecule has 1 saturated heterocycles. The number of carbonyl (C=O) groups is 1. The van der Waals surface area contributed by atoms with Crippen molar-refractivity contribution in [2.24, 2.45) is 0 Å². The molecule has 2 aromatic heterocycles. The molecule has 1 atom stereocenters. The maximum Gasteiger partial charge on any atom is 0.410 e. The summed E-state index contributed by atoms with van der Waals surface area (Å²) >= 11 is 0. The molecule has 1 fully saturated rings. The summed E-state index contributed by atoms with van der Waals surface area (Å²) in [6.07, 6.45) is 2.13. The maximum absolute atomic E-state index is 13.0. The van der Waals surface area contributed by atoms with Crippen LogP contribution in [0.15, 0.2) is 54.7 Å². The lowest BCUT2D eigenvalue weighted by Crippen LogP contribution is -2.57. The molecule has 1 N–H and O–H groups in total. The lowest BCUT2D eigenvalue weighted by molar-refractivity contribution is 0.0140. The van der Waals surface area contributed by atoms with Gasteiger partial charge in [-0.05, 0) is 57.9 Å². The second-order valence-electron chi connectivity index (χ2n) is 10.2. The summed E-state index contributed by atoms with van der Waals surface area (Å²) < 4.78 is 5.72. The van der Waals surface area contributed by atoms with Crippen LogP contribution in [0.2, 0.25) is 0 Å². The van der Waals surface area contributed by atoms with Crippen LogP contribution >= 0.6 is 0 Å². The van der Waals surface area contributed by atoms with Crippen LogP contribution in [0.25, 0.3) is 22.3 Å². The van der Waals surface area contributed by atoms with E-state index in [4.69, 9.17) is 9.72 Å². The number of piperazine rings is 1. The molecule has 0 aliphatic carbocycles. The quantitative estimate of drug-likeness (QED) is 0.457. The highest BCUT2D eigenvalue weighted by Gasteiger charge is 2.34. The highest BCUT2D eigenvalue weighted by Crippen LogP contribution is 2.26. The number of hydrogen-bond donors (Lipinski definition) is 1. The lowest BCUT2D eigenvalue weighted by Gasteiger charge is -2.42. The molecule has 3 heterocycles. The van der Waals surface area contributed by atoms with Crippen molar-refractivity contribution in [2.45, 2.75) is 45.8 Å². The molecular formula is C27H31N7O2. The van der Waals surface area contributed by atoms with Gasteiger partial charge in [0.2, 0.25) is 0 Å². The molecule has 1 aliphatic heterocycles. The fourth-order valence-corrected chi connectivity index (χ4v) is 4.53. The first-order valence-electron chi connectivity index (χ1n) is 12.2. The van der Waals surface area contributed by atoms with E-state index in [-0.39, 0.29) is 12.1 Å². The summed E-state index contributed by atoms with van der Waals surface area (Å²) in [7, 11) is 0. The number of fused-ring (bicyclic) bond motifs is 1. The summed E-state index contributed by atoms with van der Waals surface area (Å²) in [5.74, 6) is 1.30. The predicted octanol–water partition coefficient (Wildman–Crippen LogP) is 4.39. The van der Waals surface area contributed by atoms with Gasteiger partial charge in [-0.2, -0.15) is 10.2 Å². The van der Waals surface area contributed by atoms with E-state index in [0.29, 0.717) is 25.5 Å². The number of aromatic amines is 1. The van der Waals surface area contributed by atoms with Crippen LogP contribution in [0.3, 0.4) is 0 Å². The number of nitrogens with one attached hydrogen (secondary N) is 1. The summed E-state index contributed by atoms with van der Waals surface area (Å²) in [6.45, 7) is 9.45. The van der Waals surface area contributed by atoms with Crippen molar-refractivity contribution >= 4 is 22.8 Å². The number of hydrogen-bond acceptors (Lipinski definition) is 7. The minimum absolute atomic E-state index is 0.0701. The SMILES string of the molecule is Cc1[nH]nc2ccc(-c3nncc(N4CCN(C(=O)OC(C)(C)C)C(Cc5ccccc5)C4)n3)cc12. The molecule has 0 saturated carbocycles. The molecule has 36 heavy (non-hydrogen) atoms. The van der Waals surface area contributed by atoms with E-state index in [1.54, 1.807) is 6.20 Å². The van der Waals surface area contributed by atoms with E-state index < -0.39 is 5.60 Å². The number of anilines is 1. The zero-order chi connectivity index (χ0) is 25.3. The molecule has 9 nitrogen and oxygen atoms in total. The number of benzene rings is 2. The smallest absolute Gasteiger partial charge is 0.410 e. The van der Waals surface area contributed by atoms with Crippen LogP contribution in [-0.2, 0) is 11.2 Å². The molecule has 1 aliphatic rings. The van der Waals surface area contributed by atoms with Crippen LogP contribution < -0.4 is 4.90 Å². The van der Waals surface area contributed by atoms with Gasteiger partial charge in [-0.25, -0.2) is 9.78 Å². The summed E-state index contributed by atoms with van der Waals surface area (Å²) in [4.78, 5) is 21.9. The third-order valence-corrected chi connectivity index (χ3v) is 6.30. The Kier molecular flexibility index (Phi) is 6.30. The van der Waals surface area contributed by atoms with Gasteiger partial charge in [-0.3, -0.25) is 5.10 Å². The van der Waals surface area contributed by atoms with Gasteiger partial charge in [0.15, 0.2) is 11.6 Å². The third-order valence-electron chi connectivity index (χ3n) is 6.30. The Morgan fingerprint density at radius 3 is 2.72 bits per heavy atom. The molecule has 9 heteroatoms. The number of ether oxygens (including phenoxy) is 1. The van der Waals surface area contributed by atoms with E-state index in [9.17, 15) is 4.79 Å². The molecule has 1 unspecified atom stereocenters. The fourth-order valence-electron chi connectivity index (χ4n) is 4.53. The van der Waals surface area contributed by atoms with Crippen LogP contribution in [0, 0.1) is 6.92 Å². The first kappa shape index (κ1) is 23.7. The molecule has 0 spiro atoms. The van der Waals surface area contributed by atoms with E-state index in [0.717, 1.165) is 34.4 Å². The average molecular weight is 486 g/mol. The van der Waals surface area contributed by atoms with E-state index in [2.05, 4.69) is 37.4 Å². The monoisotopic (exact) mass is 485 g/mol. The summed E-state index contributed by atoms with van der Waals surface area (Å²) in [5.41, 5.74) is 3.41. The lowest BCUT2D eigenvalue weighted by atomic mass is 10.0. The molecule has 4 aromatic rings. The van der Waals surface area contributed by atoms with Gasteiger partial charge in [-0.15, -0.1) is 5.10 Å². The number of amides is 1. The number of aryl methyl sites for hydroxylation is 1. The third kappa shape index (κ3) is 5.15. The highest BCUT2D eigenvalue weighted by molar-refractivity contribution is 5.85. The van der Waals surface area contributed by atoms with Gasteiger partial charge in [0.25, 0.3) is 0 Å². The van der Waals surface area contributed by atoms with Crippen molar-refractivity contribution in [1.29, 1.82) is 0 Å². The van der Waals surface area contributed by atoms with E-state index in [1.807, 2.05) is 69.0 Å². The zero-order valence-corrected chi connectivity index (χ0v) is 21.1. The van der Waals surface area contributed by atoms with Gasteiger partial charge in [-0.1, -0.05) is 30.3 Å². The number of nitrogens with zero attached hydrogens (tertiary/aromatic N) is 6. The van der Waals surface area contributed by atoms with Crippen LogP contribution in [0.5, 0.6) is 0 Å². The molecule has 186 valence electrons. The first-order chi connectivity index (χ1) is 17.3. The second-order valence-corrected chi connectivity index (χ2v) is 10.2. The topological polar surface area (TPSA) is 100 Å². The number of carbonyl (C=O) groups excluding carboxylic acids is 1. The van der Waals surface area contributed by atoms with Crippen LogP contribution in [-0.4, -0.2) is 67.6 Å². The maximum atomic E-state index is 13.0. The van der Waals surface area contributed by atoms with Crippen molar-refractivity contribution in [3.63, 3.8) is 0 Å². The standard InChI is InChI=1S/C27H31N7O2/c1-18-22-15-20(10-11-23(22)31-30-18)25-29-24(16-28-32-25)33-12-13-34(26(35)36-27(2,3)4)21(17-33)14-19-8-6-5-7-9-19/h5-11,15-16,21H,12-14,17H2,1-4H3,(H,30,31). The molecule has 0 radical (unpaired) electrons. The van der Waals surface area contributed by atoms with Gasteiger partial charge in [0.1, 0.15) is 5.60 Å². The van der Waals surface area contributed by atoms with Crippen molar-refractivity contribution < 1.29 is 9.53 Å². The second kappa shape index (κ2) is 9.56. The minimum Gasteiger partial charge on any atom is -0.444 e. The van der Waals surface area contributed by atoms with Crippen LogP contribution in [0.1, 0.15) is 32.0 Å². The van der Waals surface area contributed by atoms with Crippen molar-refractivity contribution in [1.82, 2.24) is 30.3 Å². The Hall–Kier alpha value is -4.01. The highest BCUT2D eigenvalue weighted by atomic mass is 16.6. The summed E-state index contributed by atoms with van der Waals surface area (Å²) in [5, 5.41) is 16.9. The zero-order valence-electron chi connectivity index (χ0n) is 21.1. The van der Waals surface area contributed by atoms with Gasteiger partial charge in [0.05, 0.1) is 17.8 Å². The Bertz CT molecular complexity index is 1360. The molecular weight excluding hydrogens is 454 g/mol. The normalized spacial score (nSPS) is 16.4. The van der Waals surface area contributed by atoms with Crippen molar-refractivity contribution in [3.8, 4) is 11.4 Å². The van der Waals surface area contributed by atoms with Crippen molar-refractivity contribution in [2.75, 3.05) is 24.5 Å². The number of H-pyrrole nitrogens is 1. The molecule has 1 amide bonds. The first-order valence-corrected chi connectivity index (χ1v) is 12.2. The van der Waals surface area contributed by atoms with Crippen molar-refractivity contribution in [3.05, 3.63) is 66.0 Å². The number of rotatable bonds is 4. The van der Waals surface area contributed by atoms with Gasteiger partial charge in [0, 0.05) is 36.3 Å². The Labute approximate surface area is 210 Å². The predicted molar refractivity (Wildman–Crippen MR) is 139 cm³/mol. The summed E-state index contributed by atoms with van der Waals surface area (Å²) in [6, 6.07) is 16.1. The molecule has 5 rings (SSSR count). The van der Waals surface area contributed by atoms with Gasteiger partial charge < -0.3 is 14.5 Å². The Balaban J connectivity index is 1.40. The van der Waals surface area contributed by atoms with Gasteiger partial charge >= 0.3 is 6.09 Å². The molecule has 0 bridgehead atoms. The largest absolute Gasteiger partial charge is 0.444 e. The van der Waals surface area contributed by atoms with E-state index in [1.165, 1.54) is 5.56 Å². The average Bonchev–Trinajstić information content (AvgIpc) is 3.23. The Morgan fingerprint density at radius 1 is 1.14 bits per heavy atom. The number of aromatic nitrogens is 5. The van der Waals surface area contributed by atoms with E-state index >= 15 is 0 Å². The van der Waals surface area contributed by atoms with Crippen LogP contribution in [0.4, 0.5) is 10.6 Å².